The topological polar surface area (TPSA) is 78.9 Å². The van der Waals surface area contributed by atoms with Gasteiger partial charge in [-0.05, 0) is 28.1 Å². The fourth-order valence-corrected chi connectivity index (χ4v) is 3.33. The van der Waals surface area contributed by atoms with Gasteiger partial charge in [0.15, 0.2) is 0 Å². The molecule has 108 valence electrons. The van der Waals surface area contributed by atoms with Crippen molar-refractivity contribution in [1.29, 1.82) is 0 Å². The van der Waals surface area contributed by atoms with Gasteiger partial charge in [-0.2, -0.15) is 0 Å². The van der Waals surface area contributed by atoms with Gasteiger partial charge in [0, 0.05) is 17.5 Å². The van der Waals surface area contributed by atoms with Crippen LogP contribution in [0, 0.1) is 0 Å². The number of urea groups is 1. The predicted molar refractivity (Wildman–Crippen MR) is 80.3 cm³/mol. The molecule has 0 spiro atoms. The van der Waals surface area contributed by atoms with Crippen molar-refractivity contribution in [2.75, 3.05) is 24.1 Å². The molecule has 1 aliphatic heterocycles. The molecule has 2 rings (SSSR count). The number of ether oxygens (including phenoxy) is 1. The number of aliphatic carboxylic acids is 1. The second-order valence-corrected chi connectivity index (χ2v) is 5.96. The van der Waals surface area contributed by atoms with Gasteiger partial charge < -0.3 is 20.1 Å². The van der Waals surface area contributed by atoms with E-state index >= 15 is 0 Å². The highest BCUT2D eigenvalue weighted by Crippen LogP contribution is 2.28. The molecule has 0 aromatic heterocycles. The van der Waals surface area contributed by atoms with Gasteiger partial charge in [-0.1, -0.05) is 0 Å². The van der Waals surface area contributed by atoms with Gasteiger partial charge >= 0.3 is 12.0 Å². The number of benzene rings is 1. The number of thioether (sulfide) groups is 1. The molecular formula is C12H13BrN2O4S. The third kappa shape index (κ3) is 3.18. The molecule has 1 fully saturated rings. The van der Waals surface area contributed by atoms with Gasteiger partial charge in [0.2, 0.25) is 0 Å². The van der Waals surface area contributed by atoms with Crippen LogP contribution in [0.1, 0.15) is 0 Å². The first-order valence-electron chi connectivity index (χ1n) is 5.74. The zero-order valence-electron chi connectivity index (χ0n) is 10.6. The maximum atomic E-state index is 12.1. The Labute approximate surface area is 128 Å². The molecular weight excluding hydrogens is 348 g/mol. The molecule has 1 saturated heterocycles. The van der Waals surface area contributed by atoms with Crippen molar-refractivity contribution in [1.82, 2.24) is 4.90 Å². The number of rotatable bonds is 3. The van der Waals surface area contributed by atoms with Crippen LogP contribution in [0.2, 0.25) is 0 Å². The Bertz CT molecular complexity index is 540. The number of carbonyl (C=O) groups excluding carboxylic acids is 1. The first-order valence-corrected chi connectivity index (χ1v) is 7.69. The summed E-state index contributed by atoms with van der Waals surface area (Å²) in [5.41, 5.74) is 0.552. The van der Waals surface area contributed by atoms with Gasteiger partial charge in [-0.25, -0.2) is 9.59 Å². The van der Waals surface area contributed by atoms with Gasteiger partial charge in [0.1, 0.15) is 11.8 Å². The van der Waals surface area contributed by atoms with Gasteiger partial charge in [-0.3, -0.25) is 0 Å². The van der Waals surface area contributed by atoms with Crippen LogP contribution in [0.25, 0.3) is 0 Å². The number of methoxy groups -OCH3 is 1. The lowest BCUT2D eigenvalue weighted by molar-refractivity contribution is -0.140. The van der Waals surface area contributed by atoms with E-state index in [-0.39, 0.29) is 0 Å². The Balaban J connectivity index is 2.09. The highest BCUT2D eigenvalue weighted by atomic mass is 79.9. The predicted octanol–water partition coefficient (Wildman–Crippen LogP) is 2.45. The summed E-state index contributed by atoms with van der Waals surface area (Å²) in [6.45, 7) is 0. The van der Waals surface area contributed by atoms with Crippen molar-refractivity contribution in [3.05, 3.63) is 22.7 Å². The third-order valence-corrected chi connectivity index (χ3v) is 4.50. The van der Waals surface area contributed by atoms with Crippen LogP contribution < -0.4 is 10.1 Å². The van der Waals surface area contributed by atoms with E-state index in [1.807, 2.05) is 0 Å². The first kappa shape index (κ1) is 15.0. The van der Waals surface area contributed by atoms with Crippen LogP contribution in [-0.4, -0.2) is 46.8 Å². The van der Waals surface area contributed by atoms with E-state index in [9.17, 15) is 9.59 Å². The number of hydrogen-bond donors (Lipinski definition) is 2. The van der Waals surface area contributed by atoms with Crippen LogP contribution in [0.3, 0.4) is 0 Å². The summed E-state index contributed by atoms with van der Waals surface area (Å²) in [6.07, 6.45) is 0. The van der Waals surface area contributed by atoms with E-state index in [1.54, 1.807) is 18.2 Å². The lowest BCUT2D eigenvalue weighted by atomic mass is 10.3. The van der Waals surface area contributed by atoms with Crippen molar-refractivity contribution in [3.8, 4) is 5.75 Å². The second-order valence-electron chi connectivity index (χ2n) is 4.10. The average Bonchev–Trinajstić information content (AvgIpc) is 2.90. The molecule has 1 aromatic rings. The molecule has 0 aliphatic carbocycles. The number of hydrogen-bond acceptors (Lipinski definition) is 4. The molecule has 2 N–H and O–H groups in total. The van der Waals surface area contributed by atoms with Crippen molar-refractivity contribution in [2.24, 2.45) is 0 Å². The number of nitrogens with one attached hydrogen (secondary N) is 1. The molecule has 1 atom stereocenters. The van der Waals surface area contributed by atoms with E-state index < -0.39 is 18.0 Å². The number of carbonyl (C=O) groups is 2. The number of carboxylic acid groups (broad SMARTS) is 1. The average molecular weight is 361 g/mol. The summed E-state index contributed by atoms with van der Waals surface area (Å²) < 4.78 is 5.92. The Morgan fingerprint density at radius 3 is 2.95 bits per heavy atom. The van der Waals surface area contributed by atoms with Gasteiger partial charge in [0.05, 0.1) is 17.5 Å². The molecule has 2 amide bonds. The fourth-order valence-electron chi connectivity index (χ4n) is 1.78. The highest BCUT2D eigenvalue weighted by Gasteiger charge is 2.34. The summed E-state index contributed by atoms with van der Waals surface area (Å²) in [6, 6.07) is 3.93. The number of nitrogens with zero attached hydrogens (tertiary/aromatic N) is 1. The molecule has 1 heterocycles. The monoisotopic (exact) mass is 360 g/mol. The number of amides is 2. The number of anilines is 1. The van der Waals surface area contributed by atoms with E-state index in [0.29, 0.717) is 23.1 Å². The Morgan fingerprint density at radius 1 is 1.55 bits per heavy atom. The lowest BCUT2D eigenvalue weighted by Crippen LogP contribution is -2.43. The fraction of sp³-hybridized carbons (Fsp3) is 0.333. The van der Waals surface area contributed by atoms with E-state index in [0.717, 1.165) is 4.47 Å². The molecule has 1 aromatic carbocycles. The molecule has 0 bridgehead atoms. The Morgan fingerprint density at radius 2 is 2.30 bits per heavy atom. The Hall–Kier alpha value is -1.41. The minimum Gasteiger partial charge on any atom is -0.495 e. The van der Waals surface area contributed by atoms with Crippen LogP contribution >= 0.6 is 27.7 Å². The molecule has 8 heteroatoms. The maximum absolute atomic E-state index is 12.1. The van der Waals surface area contributed by atoms with Crippen molar-refractivity contribution >= 4 is 45.4 Å². The summed E-state index contributed by atoms with van der Waals surface area (Å²) in [7, 11) is 1.53. The minimum absolute atomic E-state index is 0.371. The van der Waals surface area contributed by atoms with Gasteiger partial charge in [0.25, 0.3) is 0 Å². The quantitative estimate of drug-likeness (QED) is 0.865. The zero-order valence-corrected chi connectivity index (χ0v) is 13.0. The van der Waals surface area contributed by atoms with Gasteiger partial charge in [-0.15, -0.1) is 11.8 Å². The van der Waals surface area contributed by atoms with Crippen LogP contribution in [0.4, 0.5) is 10.5 Å². The SMILES string of the molecule is COc1cc(NC(=O)N2CSCC2C(=O)O)ccc1Br. The minimum atomic E-state index is -0.987. The molecule has 6 nitrogen and oxygen atoms in total. The Kier molecular flexibility index (Phi) is 4.77. The van der Waals surface area contributed by atoms with Crippen LogP contribution in [0.15, 0.2) is 22.7 Å². The van der Waals surface area contributed by atoms with Crippen molar-refractivity contribution < 1.29 is 19.4 Å². The van der Waals surface area contributed by atoms with E-state index in [4.69, 9.17) is 9.84 Å². The molecule has 20 heavy (non-hydrogen) atoms. The molecule has 1 unspecified atom stereocenters. The molecule has 1 aliphatic rings. The zero-order chi connectivity index (χ0) is 14.7. The first-order chi connectivity index (χ1) is 9.52. The summed E-state index contributed by atoms with van der Waals surface area (Å²) in [4.78, 5) is 24.5. The lowest BCUT2D eigenvalue weighted by Gasteiger charge is -2.21. The standard InChI is InChI=1S/C12H13BrN2O4S/c1-19-10-4-7(2-3-8(10)13)14-12(18)15-6-20-5-9(15)11(16)17/h2-4,9H,5-6H2,1H3,(H,14,18)(H,16,17). The van der Waals surface area contributed by atoms with Crippen LogP contribution in [-0.2, 0) is 4.79 Å². The van der Waals surface area contributed by atoms with E-state index in [2.05, 4.69) is 21.2 Å². The summed E-state index contributed by atoms with van der Waals surface area (Å²) in [5, 5.41) is 11.7. The largest absolute Gasteiger partial charge is 0.495 e. The molecule has 0 radical (unpaired) electrons. The van der Waals surface area contributed by atoms with Crippen molar-refractivity contribution in [3.63, 3.8) is 0 Å². The maximum Gasteiger partial charge on any atom is 0.327 e. The van der Waals surface area contributed by atoms with E-state index in [1.165, 1.54) is 23.8 Å². The normalized spacial score (nSPS) is 17.9. The number of carboxylic acids is 1. The highest BCUT2D eigenvalue weighted by molar-refractivity contribution is 9.10. The molecule has 0 saturated carbocycles. The summed E-state index contributed by atoms with van der Waals surface area (Å²) in [5.74, 6) is 0.384. The smallest absolute Gasteiger partial charge is 0.327 e. The van der Waals surface area contributed by atoms with Crippen molar-refractivity contribution in [2.45, 2.75) is 6.04 Å². The number of halogens is 1. The summed E-state index contributed by atoms with van der Waals surface area (Å²) >= 11 is 4.74. The second kappa shape index (κ2) is 6.36. The van der Waals surface area contributed by atoms with Crippen LogP contribution in [0.5, 0.6) is 5.75 Å². The third-order valence-electron chi connectivity index (χ3n) is 2.83.